The Hall–Kier alpha value is -1.37. The molecule has 4 nitrogen and oxygen atoms in total. The Morgan fingerprint density at radius 1 is 1.50 bits per heavy atom. The summed E-state index contributed by atoms with van der Waals surface area (Å²) < 4.78 is 1.84. The Morgan fingerprint density at radius 2 is 2.21 bits per heavy atom. The average molecular weight is 192 g/mol. The third-order valence-corrected chi connectivity index (χ3v) is 2.15. The minimum atomic E-state index is 0.274. The normalized spacial score (nSPS) is 10.5. The van der Waals surface area contributed by atoms with Crippen molar-refractivity contribution in [1.82, 2.24) is 15.0 Å². The Morgan fingerprint density at radius 3 is 2.71 bits per heavy atom. The van der Waals surface area contributed by atoms with Crippen LogP contribution >= 0.6 is 0 Å². The van der Waals surface area contributed by atoms with Crippen molar-refractivity contribution < 1.29 is 0 Å². The first kappa shape index (κ1) is 10.7. The van der Waals surface area contributed by atoms with Gasteiger partial charge in [0.15, 0.2) is 5.69 Å². The van der Waals surface area contributed by atoms with E-state index in [-0.39, 0.29) is 6.04 Å². The first-order valence-electron chi connectivity index (χ1n) is 5.04. The van der Waals surface area contributed by atoms with Gasteiger partial charge in [-0.2, -0.15) is 5.26 Å². The number of nitrogens with zero attached hydrogens (tertiary/aromatic N) is 4. The van der Waals surface area contributed by atoms with Crippen LogP contribution in [0.2, 0.25) is 0 Å². The van der Waals surface area contributed by atoms with Crippen LogP contribution in [0, 0.1) is 11.3 Å². The number of aromatic nitrogens is 3. The van der Waals surface area contributed by atoms with Crippen LogP contribution in [-0.4, -0.2) is 15.0 Å². The van der Waals surface area contributed by atoms with E-state index in [2.05, 4.69) is 23.3 Å². The zero-order valence-electron chi connectivity index (χ0n) is 8.99. The Labute approximate surface area is 84.5 Å². The quantitative estimate of drug-likeness (QED) is 0.733. The smallest absolute Gasteiger partial charge is 0.185 e. The van der Waals surface area contributed by atoms with Gasteiger partial charge in [0.25, 0.3) is 0 Å². The molecule has 0 N–H and O–H groups in total. The van der Waals surface area contributed by atoms with Crippen molar-refractivity contribution in [3.8, 4) is 6.07 Å². The second-order valence-electron chi connectivity index (χ2n) is 3.64. The molecule has 0 unspecified atom stereocenters. The van der Waals surface area contributed by atoms with Crippen molar-refractivity contribution in [2.24, 2.45) is 0 Å². The van der Waals surface area contributed by atoms with Crippen LogP contribution in [0.1, 0.15) is 51.0 Å². The van der Waals surface area contributed by atoms with Gasteiger partial charge in [-0.05, 0) is 26.7 Å². The van der Waals surface area contributed by atoms with Gasteiger partial charge >= 0.3 is 0 Å². The van der Waals surface area contributed by atoms with Crippen LogP contribution < -0.4 is 0 Å². The van der Waals surface area contributed by atoms with Gasteiger partial charge in [0.05, 0.1) is 5.69 Å². The van der Waals surface area contributed by atoms with Gasteiger partial charge in [-0.1, -0.05) is 18.6 Å². The largest absolute Gasteiger partial charge is 0.246 e. The van der Waals surface area contributed by atoms with E-state index in [0.717, 1.165) is 25.0 Å². The zero-order chi connectivity index (χ0) is 10.6. The topological polar surface area (TPSA) is 54.5 Å². The van der Waals surface area contributed by atoms with Gasteiger partial charge in [-0.15, -0.1) is 5.10 Å². The summed E-state index contributed by atoms with van der Waals surface area (Å²) in [5.41, 5.74) is 1.46. The van der Waals surface area contributed by atoms with E-state index >= 15 is 0 Å². The number of hydrogen-bond donors (Lipinski definition) is 0. The third kappa shape index (κ3) is 2.11. The minimum Gasteiger partial charge on any atom is -0.246 e. The summed E-state index contributed by atoms with van der Waals surface area (Å²) in [5.74, 6) is 0. The molecule has 0 amide bonds. The highest BCUT2D eigenvalue weighted by Gasteiger charge is 2.13. The number of unbranched alkanes of at least 4 members (excludes halogenated alkanes) is 1. The van der Waals surface area contributed by atoms with Gasteiger partial charge in [0.1, 0.15) is 6.07 Å². The van der Waals surface area contributed by atoms with E-state index in [9.17, 15) is 0 Å². The third-order valence-electron chi connectivity index (χ3n) is 2.15. The molecule has 76 valence electrons. The lowest BCUT2D eigenvalue weighted by Crippen LogP contribution is -2.08. The Kier molecular flexibility index (Phi) is 3.63. The van der Waals surface area contributed by atoms with Crippen molar-refractivity contribution in [2.45, 2.75) is 46.1 Å². The van der Waals surface area contributed by atoms with E-state index in [1.165, 1.54) is 0 Å². The molecule has 1 aromatic rings. The monoisotopic (exact) mass is 192 g/mol. The highest BCUT2D eigenvalue weighted by Crippen LogP contribution is 2.13. The summed E-state index contributed by atoms with van der Waals surface area (Å²) in [7, 11) is 0. The molecule has 14 heavy (non-hydrogen) atoms. The maximum absolute atomic E-state index is 8.85. The molecule has 1 aromatic heterocycles. The molecule has 1 heterocycles. The Balaban J connectivity index is 2.95. The van der Waals surface area contributed by atoms with E-state index in [1.807, 2.05) is 18.5 Å². The summed E-state index contributed by atoms with van der Waals surface area (Å²) in [4.78, 5) is 0. The van der Waals surface area contributed by atoms with Crippen molar-refractivity contribution in [2.75, 3.05) is 0 Å². The first-order chi connectivity index (χ1) is 6.70. The standard InChI is InChI=1S/C10H16N4/c1-4-5-6-10-9(7-11)12-13-14(10)8(2)3/h8H,4-6H2,1-3H3. The fourth-order valence-corrected chi connectivity index (χ4v) is 1.39. The van der Waals surface area contributed by atoms with Gasteiger partial charge in [-0.25, -0.2) is 4.68 Å². The summed E-state index contributed by atoms with van der Waals surface area (Å²) in [6.45, 7) is 6.23. The van der Waals surface area contributed by atoms with Crippen molar-refractivity contribution in [3.63, 3.8) is 0 Å². The second kappa shape index (κ2) is 4.75. The molecular formula is C10H16N4. The molecule has 0 aromatic carbocycles. The maximum atomic E-state index is 8.85. The Bertz CT molecular complexity index is 332. The predicted molar refractivity (Wildman–Crippen MR) is 53.7 cm³/mol. The molecule has 4 heteroatoms. The summed E-state index contributed by atoms with van der Waals surface area (Å²) in [5, 5.41) is 16.7. The van der Waals surface area contributed by atoms with Crippen LogP contribution in [0.5, 0.6) is 0 Å². The lowest BCUT2D eigenvalue weighted by atomic mass is 10.1. The molecule has 0 saturated carbocycles. The first-order valence-corrected chi connectivity index (χ1v) is 5.04. The number of rotatable bonds is 4. The molecule has 0 radical (unpaired) electrons. The molecule has 0 aliphatic rings. The second-order valence-corrected chi connectivity index (χ2v) is 3.64. The highest BCUT2D eigenvalue weighted by molar-refractivity contribution is 5.24. The van der Waals surface area contributed by atoms with Crippen molar-refractivity contribution in [3.05, 3.63) is 11.4 Å². The van der Waals surface area contributed by atoms with Crippen LogP contribution in [-0.2, 0) is 6.42 Å². The number of hydrogen-bond acceptors (Lipinski definition) is 3. The van der Waals surface area contributed by atoms with E-state index < -0.39 is 0 Å². The molecule has 0 saturated heterocycles. The minimum absolute atomic E-state index is 0.274. The fourth-order valence-electron chi connectivity index (χ4n) is 1.39. The zero-order valence-corrected chi connectivity index (χ0v) is 8.99. The van der Waals surface area contributed by atoms with Crippen LogP contribution in [0.4, 0.5) is 0 Å². The molecule has 0 aliphatic carbocycles. The summed E-state index contributed by atoms with van der Waals surface area (Å²) >= 11 is 0. The van der Waals surface area contributed by atoms with Crippen LogP contribution in [0.25, 0.3) is 0 Å². The van der Waals surface area contributed by atoms with Crippen molar-refractivity contribution >= 4 is 0 Å². The summed E-state index contributed by atoms with van der Waals surface area (Å²) in [6.07, 6.45) is 3.09. The molecule has 0 spiro atoms. The van der Waals surface area contributed by atoms with E-state index in [4.69, 9.17) is 5.26 Å². The SMILES string of the molecule is CCCCc1c(C#N)nnn1C(C)C. The predicted octanol–water partition coefficient (Wildman–Crippen LogP) is 2.07. The van der Waals surface area contributed by atoms with Crippen molar-refractivity contribution in [1.29, 1.82) is 5.26 Å². The maximum Gasteiger partial charge on any atom is 0.185 e. The highest BCUT2D eigenvalue weighted by atomic mass is 15.4. The van der Waals surface area contributed by atoms with Gasteiger partial charge < -0.3 is 0 Å². The molecule has 1 rings (SSSR count). The van der Waals surface area contributed by atoms with Crippen LogP contribution in [0.3, 0.4) is 0 Å². The van der Waals surface area contributed by atoms with E-state index in [0.29, 0.717) is 5.69 Å². The molecule has 0 fully saturated rings. The molecule has 0 atom stereocenters. The molecule has 0 bridgehead atoms. The van der Waals surface area contributed by atoms with E-state index in [1.54, 1.807) is 0 Å². The van der Waals surface area contributed by atoms with Gasteiger partial charge in [0.2, 0.25) is 0 Å². The summed E-state index contributed by atoms with van der Waals surface area (Å²) in [6, 6.07) is 2.36. The number of nitriles is 1. The lowest BCUT2D eigenvalue weighted by Gasteiger charge is -2.08. The fraction of sp³-hybridized carbons (Fsp3) is 0.700. The average Bonchev–Trinajstić information content (AvgIpc) is 2.57. The van der Waals surface area contributed by atoms with Gasteiger partial charge in [-0.3, -0.25) is 0 Å². The van der Waals surface area contributed by atoms with Gasteiger partial charge in [0, 0.05) is 6.04 Å². The molecule has 0 aliphatic heterocycles. The van der Waals surface area contributed by atoms with Crippen LogP contribution in [0.15, 0.2) is 0 Å². The molecular weight excluding hydrogens is 176 g/mol. The lowest BCUT2D eigenvalue weighted by molar-refractivity contribution is 0.490.